The first-order chi connectivity index (χ1) is 5.11. The summed E-state index contributed by atoms with van der Waals surface area (Å²) in [6.45, 7) is 1.58. The van der Waals surface area contributed by atoms with Crippen LogP contribution in [0.2, 0.25) is 0 Å². The Morgan fingerprint density at radius 2 is 2.18 bits per heavy atom. The van der Waals surface area contributed by atoms with Crippen molar-refractivity contribution in [2.24, 2.45) is 0 Å². The zero-order chi connectivity index (χ0) is 8.43. The Kier molecular flexibility index (Phi) is 1.80. The van der Waals surface area contributed by atoms with Gasteiger partial charge in [0.1, 0.15) is 0 Å². The Labute approximate surface area is 62.0 Å². The number of nitrogens with one attached hydrogen (secondary N) is 2. The second-order valence-corrected chi connectivity index (χ2v) is 2.25. The van der Waals surface area contributed by atoms with E-state index < -0.39 is 5.97 Å². The number of aromatic amines is 2. The third-order valence-electron chi connectivity index (χ3n) is 1.45. The van der Waals surface area contributed by atoms with Crippen LogP contribution in [0, 0.1) is 6.92 Å². The van der Waals surface area contributed by atoms with Crippen LogP contribution in [0.1, 0.15) is 11.3 Å². The monoisotopic (exact) mass is 156 g/mol. The molecular formula is C6H8N2O3. The zero-order valence-corrected chi connectivity index (χ0v) is 5.97. The molecule has 0 aliphatic heterocycles. The van der Waals surface area contributed by atoms with Crippen molar-refractivity contribution in [3.63, 3.8) is 0 Å². The summed E-state index contributed by atoms with van der Waals surface area (Å²) in [6.07, 6.45) is -0.148. The third-order valence-corrected chi connectivity index (χ3v) is 1.45. The van der Waals surface area contributed by atoms with Gasteiger partial charge in [-0.2, -0.15) is 0 Å². The summed E-state index contributed by atoms with van der Waals surface area (Å²) in [5.74, 6) is -0.955. The van der Waals surface area contributed by atoms with Gasteiger partial charge in [0.15, 0.2) is 0 Å². The molecule has 0 aliphatic carbocycles. The first-order valence-corrected chi connectivity index (χ1v) is 3.09. The fourth-order valence-corrected chi connectivity index (χ4v) is 0.785. The number of hydrogen-bond acceptors (Lipinski definition) is 2. The van der Waals surface area contributed by atoms with Crippen LogP contribution in [0.3, 0.4) is 0 Å². The van der Waals surface area contributed by atoms with E-state index in [1.807, 2.05) is 0 Å². The second-order valence-electron chi connectivity index (χ2n) is 2.25. The van der Waals surface area contributed by atoms with Crippen LogP contribution in [0.5, 0.6) is 0 Å². The molecule has 60 valence electrons. The minimum atomic E-state index is -0.955. The van der Waals surface area contributed by atoms with Gasteiger partial charge in [0.25, 0.3) is 5.56 Å². The van der Waals surface area contributed by atoms with E-state index in [0.717, 1.165) is 0 Å². The molecular weight excluding hydrogens is 148 g/mol. The summed E-state index contributed by atoms with van der Waals surface area (Å²) >= 11 is 0. The maximum atomic E-state index is 10.7. The molecule has 0 unspecified atom stereocenters. The van der Waals surface area contributed by atoms with Gasteiger partial charge in [0.05, 0.1) is 12.1 Å². The van der Waals surface area contributed by atoms with Crippen LogP contribution >= 0.6 is 0 Å². The normalized spacial score (nSPS) is 9.91. The van der Waals surface area contributed by atoms with Gasteiger partial charge in [-0.3, -0.25) is 14.7 Å². The second kappa shape index (κ2) is 2.61. The summed E-state index contributed by atoms with van der Waals surface area (Å²) in [7, 11) is 0. The molecule has 0 fully saturated rings. The average Bonchev–Trinajstić information content (AvgIpc) is 2.18. The van der Waals surface area contributed by atoms with Crippen molar-refractivity contribution in [3.05, 3.63) is 21.6 Å². The van der Waals surface area contributed by atoms with Crippen molar-refractivity contribution in [2.75, 3.05) is 0 Å². The van der Waals surface area contributed by atoms with E-state index in [1.165, 1.54) is 0 Å². The summed E-state index contributed by atoms with van der Waals surface area (Å²) in [5, 5.41) is 13.1. The van der Waals surface area contributed by atoms with Crippen LogP contribution in [-0.4, -0.2) is 21.3 Å². The molecule has 5 nitrogen and oxygen atoms in total. The van der Waals surface area contributed by atoms with Crippen LogP contribution < -0.4 is 5.56 Å². The van der Waals surface area contributed by atoms with Crippen molar-refractivity contribution in [1.29, 1.82) is 0 Å². The Morgan fingerprint density at radius 3 is 2.55 bits per heavy atom. The minimum Gasteiger partial charge on any atom is -0.481 e. The molecule has 1 rings (SSSR count). The molecule has 0 radical (unpaired) electrons. The van der Waals surface area contributed by atoms with Crippen molar-refractivity contribution in [2.45, 2.75) is 13.3 Å². The largest absolute Gasteiger partial charge is 0.481 e. The van der Waals surface area contributed by atoms with Gasteiger partial charge in [-0.15, -0.1) is 0 Å². The van der Waals surface area contributed by atoms with Crippen molar-refractivity contribution >= 4 is 5.97 Å². The van der Waals surface area contributed by atoms with Gasteiger partial charge in [-0.25, -0.2) is 0 Å². The first-order valence-electron chi connectivity index (χ1n) is 3.09. The highest BCUT2D eigenvalue weighted by Gasteiger charge is 2.07. The fraction of sp³-hybridized carbons (Fsp3) is 0.333. The average molecular weight is 156 g/mol. The molecule has 0 saturated carbocycles. The summed E-state index contributed by atoms with van der Waals surface area (Å²) < 4.78 is 0. The van der Waals surface area contributed by atoms with E-state index >= 15 is 0 Å². The topological polar surface area (TPSA) is 85.9 Å². The van der Waals surface area contributed by atoms with E-state index in [1.54, 1.807) is 6.92 Å². The zero-order valence-electron chi connectivity index (χ0n) is 5.97. The van der Waals surface area contributed by atoms with Gasteiger partial charge in [-0.1, -0.05) is 0 Å². The number of carboxylic acids is 1. The maximum absolute atomic E-state index is 10.7. The molecule has 0 saturated heterocycles. The molecule has 1 heterocycles. The molecule has 1 aromatic heterocycles. The number of carboxylic acid groups (broad SMARTS) is 1. The first kappa shape index (κ1) is 7.59. The molecule has 0 aliphatic rings. The predicted molar refractivity (Wildman–Crippen MR) is 37.5 cm³/mol. The van der Waals surface area contributed by atoms with E-state index in [-0.39, 0.29) is 12.0 Å². The highest BCUT2D eigenvalue weighted by atomic mass is 16.4. The molecule has 11 heavy (non-hydrogen) atoms. The van der Waals surface area contributed by atoms with E-state index in [4.69, 9.17) is 5.11 Å². The molecule has 3 N–H and O–H groups in total. The number of carbonyl (C=O) groups is 1. The van der Waals surface area contributed by atoms with Gasteiger partial charge in [-0.05, 0) is 6.92 Å². The highest BCUT2D eigenvalue weighted by Crippen LogP contribution is 1.97. The quantitative estimate of drug-likeness (QED) is 0.546. The molecule has 0 amide bonds. The summed E-state index contributed by atoms with van der Waals surface area (Å²) in [4.78, 5) is 20.9. The lowest BCUT2D eigenvalue weighted by atomic mass is 10.2. The number of aromatic nitrogens is 2. The third kappa shape index (κ3) is 1.49. The van der Waals surface area contributed by atoms with Crippen LogP contribution in [0.4, 0.5) is 0 Å². The lowest BCUT2D eigenvalue weighted by Crippen LogP contribution is -2.04. The lowest BCUT2D eigenvalue weighted by molar-refractivity contribution is -0.136. The minimum absolute atomic E-state index is 0.148. The van der Waals surface area contributed by atoms with Crippen LogP contribution in [0.25, 0.3) is 0 Å². The molecule has 1 aromatic rings. The van der Waals surface area contributed by atoms with Crippen LogP contribution in [-0.2, 0) is 11.2 Å². The van der Waals surface area contributed by atoms with E-state index in [9.17, 15) is 9.59 Å². The smallest absolute Gasteiger partial charge is 0.309 e. The number of H-pyrrole nitrogens is 2. The molecule has 0 atom stereocenters. The Hall–Kier alpha value is -1.52. The van der Waals surface area contributed by atoms with Gasteiger partial charge in [0.2, 0.25) is 0 Å². The SMILES string of the molecule is Cc1c(CC(=O)O)[nH][nH]c1=O. The number of rotatable bonds is 2. The maximum Gasteiger partial charge on any atom is 0.309 e. The molecule has 0 aromatic carbocycles. The van der Waals surface area contributed by atoms with Gasteiger partial charge in [0, 0.05) is 5.56 Å². The summed E-state index contributed by atoms with van der Waals surface area (Å²) in [6, 6.07) is 0. The van der Waals surface area contributed by atoms with Crippen molar-refractivity contribution in [1.82, 2.24) is 10.2 Å². The standard InChI is InChI=1S/C6H8N2O3/c1-3-4(2-5(9)10)7-8-6(3)11/h2H2,1H3,(H,9,10)(H2,7,8,11). The molecule has 0 bridgehead atoms. The lowest BCUT2D eigenvalue weighted by Gasteiger charge is -1.90. The van der Waals surface area contributed by atoms with Gasteiger partial charge >= 0.3 is 5.97 Å². The number of aliphatic carboxylic acids is 1. The Bertz CT molecular complexity index is 323. The van der Waals surface area contributed by atoms with Crippen LogP contribution in [0.15, 0.2) is 4.79 Å². The molecule has 5 heteroatoms. The number of hydrogen-bond donors (Lipinski definition) is 3. The summed E-state index contributed by atoms with van der Waals surface area (Å²) in [5.41, 5.74) is 0.608. The van der Waals surface area contributed by atoms with E-state index in [0.29, 0.717) is 11.3 Å². The van der Waals surface area contributed by atoms with Crippen molar-refractivity contribution < 1.29 is 9.90 Å². The Balaban J connectivity index is 2.96. The van der Waals surface area contributed by atoms with Crippen molar-refractivity contribution in [3.8, 4) is 0 Å². The van der Waals surface area contributed by atoms with E-state index in [2.05, 4.69) is 10.2 Å². The highest BCUT2D eigenvalue weighted by molar-refractivity contribution is 5.69. The molecule has 0 spiro atoms. The predicted octanol–water partition coefficient (Wildman–Crippen LogP) is -0.361. The Morgan fingerprint density at radius 1 is 1.55 bits per heavy atom. The van der Waals surface area contributed by atoms with Gasteiger partial charge < -0.3 is 10.2 Å². The fourth-order valence-electron chi connectivity index (χ4n) is 0.785.